The van der Waals surface area contributed by atoms with Gasteiger partial charge in [-0.1, -0.05) is 0 Å². The van der Waals surface area contributed by atoms with E-state index in [4.69, 9.17) is 0 Å². The molecule has 320 valence electrons. The summed E-state index contributed by atoms with van der Waals surface area (Å²) in [6.45, 7) is 0. The third-order valence-corrected chi connectivity index (χ3v) is 0. The van der Waals surface area contributed by atoms with Gasteiger partial charge in [0.1, 0.15) is 0 Å². The molecule has 0 aromatic rings. The van der Waals surface area contributed by atoms with Gasteiger partial charge in [0, 0.05) is 1190 Å². The molecule has 0 rings (SSSR count). The molecule has 0 saturated heterocycles. The number of rotatable bonds is 0. The first-order valence-corrected chi connectivity index (χ1v) is 0. The molecular weight excluding hydrogens is 3260 g/mol. The van der Waals surface area contributed by atoms with Crippen LogP contribution in [0, 0.1) is 0 Å². The van der Waals surface area contributed by atoms with Gasteiger partial charge in [0.2, 0.25) is 0 Å². The molecule has 0 saturated carbocycles. The molecule has 0 N–H and O–H groups in total. The summed E-state index contributed by atoms with van der Waals surface area (Å²) in [5.74, 6) is 0. The van der Waals surface area contributed by atoms with E-state index in [1.807, 2.05) is 0 Å². The predicted molar refractivity (Wildman–Crippen MR) is 0 cm³/mol. The van der Waals surface area contributed by atoms with Gasteiger partial charge in [-0.25, -0.2) is 0 Å². The monoisotopic (exact) mass is 3260 g/mol. The van der Waals surface area contributed by atoms with Crippen molar-refractivity contribution in [1.29, 1.82) is 0 Å². The SMILES string of the molecule is [V].[V].[V].[V].[V].[V].[V].[V].[V].[V].[V].[V].[V].[V].[V].[V].[V].[V].[V].[V].[V].[V].[V].[V].[V].[V].[V].[V].[V].[V].[V].[V].[V].[V].[V].[V].[V].[V].[V].[V].[V].[V].[V].[V].[V].[V].[V].[V].[V].[V].[V].[V].[V].[V].[V].[V].[V].[V].[V].[V].[V].[V].[V].[V]. The van der Waals surface area contributed by atoms with Crippen molar-refractivity contribution in [3.05, 3.63) is 0 Å². The van der Waals surface area contributed by atoms with E-state index < -0.39 is 0 Å². The van der Waals surface area contributed by atoms with Gasteiger partial charge in [-0.2, -0.15) is 0 Å². The second kappa shape index (κ2) is 709. The molecule has 0 atom stereocenters. The van der Waals surface area contributed by atoms with E-state index in [-0.39, 0.29) is 1190 Å². The molecule has 0 unspecified atom stereocenters. The van der Waals surface area contributed by atoms with Gasteiger partial charge in [0.25, 0.3) is 0 Å². The molecule has 0 amide bonds. The smallest absolute Gasteiger partial charge is 0 e. The van der Waals surface area contributed by atoms with Crippen molar-refractivity contribution in [2.75, 3.05) is 0 Å². The minimum atomic E-state index is 0. The van der Waals surface area contributed by atoms with Crippen LogP contribution in [0.5, 0.6) is 0 Å². The van der Waals surface area contributed by atoms with Crippen molar-refractivity contribution in [3.8, 4) is 0 Å². The Hall–Kier alpha value is 37.4. The van der Waals surface area contributed by atoms with Crippen LogP contribution in [0.3, 0.4) is 0 Å². The molecule has 0 bridgehead atoms. The molecule has 64 radical (unpaired) electrons. The first kappa shape index (κ1) is 731. The summed E-state index contributed by atoms with van der Waals surface area (Å²) in [7, 11) is 0. The Kier molecular flexibility index (Phi) is 8100. The van der Waals surface area contributed by atoms with Crippen LogP contribution in [0.4, 0.5) is 0 Å². The van der Waals surface area contributed by atoms with E-state index in [1.165, 1.54) is 0 Å². The van der Waals surface area contributed by atoms with Crippen molar-refractivity contribution in [1.82, 2.24) is 0 Å². The van der Waals surface area contributed by atoms with Crippen LogP contribution in [0.2, 0.25) is 0 Å². The summed E-state index contributed by atoms with van der Waals surface area (Å²) in [6, 6.07) is 0. The van der Waals surface area contributed by atoms with E-state index in [2.05, 4.69) is 0 Å². The summed E-state index contributed by atoms with van der Waals surface area (Å²) >= 11 is 0. The van der Waals surface area contributed by atoms with Crippen LogP contribution < -0.4 is 0 Å². The molecule has 0 aromatic carbocycles. The molecule has 0 nitrogen and oxygen atoms in total. The van der Waals surface area contributed by atoms with Gasteiger partial charge < -0.3 is 0 Å². The van der Waals surface area contributed by atoms with Crippen molar-refractivity contribution in [2.45, 2.75) is 0 Å². The first-order valence-electron chi connectivity index (χ1n) is 0. The maximum Gasteiger partial charge on any atom is 0 e. The first-order chi connectivity index (χ1) is 0. The van der Waals surface area contributed by atoms with E-state index in [0.717, 1.165) is 0 Å². The normalized spacial score (nSPS) is 0. The van der Waals surface area contributed by atoms with Gasteiger partial charge in [0.15, 0.2) is 0 Å². The Balaban J connectivity index is 0. The van der Waals surface area contributed by atoms with Crippen LogP contribution in [0.25, 0.3) is 0 Å². The van der Waals surface area contributed by atoms with Gasteiger partial charge >= 0.3 is 0 Å². The van der Waals surface area contributed by atoms with E-state index in [9.17, 15) is 0 Å². The molecule has 0 spiro atoms. The zero-order chi connectivity index (χ0) is 0. The third-order valence-electron chi connectivity index (χ3n) is 0. The Labute approximate surface area is 1150 Å². The topological polar surface area (TPSA) is 0 Å². The van der Waals surface area contributed by atoms with Gasteiger partial charge in [-0.15, -0.1) is 0 Å². The summed E-state index contributed by atoms with van der Waals surface area (Å²) < 4.78 is 0. The molecule has 0 aliphatic rings. The summed E-state index contributed by atoms with van der Waals surface area (Å²) in [5.41, 5.74) is 0. The molecule has 64 heavy (non-hydrogen) atoms. The Morgan fingerprint density at radius 2 is 0.0156 bits per heavy atom. The van der Waals surface area contributed by atoms with Crippen LogP contribution in [-0.4, -0.2) is 0 Å². The second-order valence-corrected chi connectivity index (χ2v) is 0. The Morgan fingerprint density at radius 1 is 0.0156 bits per heavy atom. The maximum absolute atomic E-state index is 0. The average molecular weight is 3260 g/mol. The van der Waals surface area contributed by atoms with Gasteiger partial charge in [0.05, 0.1) is 0 Å². The average Bonchev–Trinajstić information content (AvgIpc) is 0. The summed E-state index contributed by atoms with van der Waals surface area (Å²) in [4.78, 5) is 0. The summed E-state index contributed by atoms with van der Waals surface area (Å²) in [6.07, 6.45) is 0. The van der Waals surface area contributed by atoms with Crippen LogP contribution in [0.15, 0.2) is 0 Å². The predicted octanol–water partition coefficient (Wildman–Crippen LogP) is -0.160. The molecule has 0 aromatic heterocycles. The van der Waals surface area contributed by atoms with Crippen LogP contribution in [-0.2, 0) is 1190 Å². The van der Waals surface area contributed by atoms with Crippen LogP contribution in [0.1, 0.15) is 0 Å². The largest absolute Gasteiger partial charge is 0 e. The molecule has 0 aliphatic heterocycles. The van der Waals surface area contributed by atoms with Crippen molar-refractivity contribution in [2.24, 2.45) is 0 Å². The molecular formula is V64. The quantitative estimate of drug-likeness (QED) is 0.317. The van der Waals surface area contributed by atoms with Crippen molar-refractivity contribution in [3.63, 3.8) is 0 Å². The van der Waals surface area contributed by atoms with E-state index in [1.54, 1.807) is 0 Å². The number of hydrogen-bond acceptors (Lipinski definition) is 0. The molecule has 0 heterocycles. The fourth-order valence-electron chi connectivity index (χ4n) is 0. The third kappa shape index (κ3) is 688. The zero-order valence-corrected chi connectivity index (χ0v) is 118. The second-order valence-electron chi connectivity index (χ2n) is 0. The molecule has 64 heteroatoms. The van der Waals surface area contributed by atoms with Crippen LogP contribution >= 0.6 is 0 Å². The molecule has 0 aliphatic carbocycles. The maximum atomic E-state index is 0. The van der Waals surface area contributed by atoms with E-state index in [0.29, 0.717) is 0 Å². The fraction of sp³-hybridized carbons (Fsp3) is 0. The van der Waals surface area contributed by atoms with Gasteiger partial charge in [-0.05, 0) is 0 Å². The number of hydrogen-bond donors (Lipinski definition) is 0. The minimum absolute atomic E-state index is 0. The Bertz CT molecular complexity index is 0. The van der Waals surface area contributed by atoms with Gasteiger partial charge in [-0.3, -0.25) is 0 Å². The zero-order valence-electron chi connectivity index (χ0n) is 28.6. The summed E-state index contributed by atoms with van der Waals surface area (Å²) in [5, 5.41) is 0. The standard InChI is InChI=1S/64V. The fourth-order valence-corrected chi connectivity index (χ4v) is 0. The minimum Gasteiger partial charge on any atom is 0 e. The molecule has 0 fully saturated rings. The van der Waals surface area contributed by atoms with Crippen molar-refractivity contribution >= 4 is 0 Å². The Morgan fingerprint density at radius 3 is 0.0156 bits per heavy atom. The van der Waals surface area contributed by atoms with Crippen molar-refractivity contribution < 1.29 is 1190 Å². The van der Waals surface area contributed by atoms with E-state index >= 15 is 0 Å².